The highest BCUT2D eigenvalue weighted by Crippen LogP contribution is 2.29. The topological polar surface area (TPSA) is 55.0 Å². The molecule has 1 unspecified atom stereocenters. The molecule has 17 heavy (non-hydrogen) atoms. The molecule has 7 heteroatoms. The van der Waals surface area contributed by atoms with Crippen molar-refractivity contribution in [2.24, 2.45) is 5.73 Å². The summed E-state index contributed by atoms with van der Waals surface area (Å²) >= 11 is 0. The lowest BCUT2D eigenvalue weighted by molar-refractivity contribution is -0.141. The van der Waals surface area contributed by atoms with Gasteiger partial charge in [-0.25, -0.2) is 0 Å². The van der Waals surface area contributed by atoms with Crippen LogP contribution in [0.25, 0.3) is 0 Å². The van der Waals surface area contributed by atoms with Gasteiger partial charge in [-0.15, -0.1) is 10.2 Å². The van der Waals surface area contributed by atoms with Gasteiger partial charge in [-0.2, -0.15) is 13.2 Å². The number of hydrogen-bond donors (Lipinski definition) is 1. The van der Waals surface area contributed by atoms with Gasteiger partial charge in [0.05, 0.1) is 0 Å². The Morgan fingerprint density at radius 1 is 1.35 bits per heavy atom. The molecule has 0 aromatic carbocycles. The number of anilines is 1. The zero-order valence-corrected chi connectivity index (χ0v) is 9.11. The van der Waals surface area contributed by atoms with Gasteiger partial charge in [-0.05, 0) is 25.0 Å². The van der Waals surface area contributed by atoms with E-state index in [0.29, 0.717) is 12.4 Å². The van der Waals surface area contributed by atoms with Gasteiger partial charge >= 0.3 is 6.18 Å². The minimum absolute atomic E-state index is 0.154. The normalized spacial score (nSPS) is 20.9. The monoisotopic (exact) mass is 246 g/mol. The third-order valence-corrected chi connectivity index (χ3v) is 2.88. The van der Waals surface area contributed by atoms with Crippen molar-refractivity contribution in [3.05, 3.63) is 17.8 Å². The van der Waals surface area contributed by atoms with Gasteiger partial charge in [0.2, 0.25) is 0 Å². The number of halogens is 3. The third kappa shape index (κ3) is 2.49. The number of rotatable bonds is 2. The molecule has 1 atom stereocenters. The number of nitrogens with zero attached hydrogens (tertiary/aromatic N) is 3. The summed E-state index contributed by atoms with van der Waals surface area (Å²) in [5.74, 6) is 0.464. The molecule has 1 aromatic heterocycles. The number of alkyl halides is 3. The van der Waals surface area contributed by atoms with E-state index in [9.17, 15) is 13.2 Å². The van der Waals surface area contributed by atoms with Crippen molar-refractivity contribution in [2.75, 3.05) is 18.0 Å². The Kier molecular flexibility index (Phi) is 3.19. The molecule has 1 aliphatic rings. The van der Waals surface area contributed by atoms with Gasteiger partial charge < -0.3 is 10.6 Å². The molecule has 0 aliphatic carbocycles. The van der Waals surface area contributed by atoms with Gasteiger partial charge in [0.15, 0.2) is 11.5 Å². The highest BCUT2D eigenvalue weighted by atomic mass is 19.4. The summed E-state index contributed by atoms with van der Waals surface area (Å²) < 4.78 is 36.9. The van der Waals surface area contributed by atoms with E-state index in [4.69, 9.17) is 5.73 Å². The van der Waals surface area contributed by atoms with Crippen LogP contribution in [0.4, 0.5) is 19.0 Å². The SMILES string of the molecule is NCC1CCCN1c1ccc(C(F)(F)F)nn1. The molecule has 2 heterocycles. The van der Waals surface area contributed by atoms with Gasteiger partial charge in [-0.1, -0.05) is 0 Å². The Morgan fingerprint density at radius 2 is 2.12 bits per heavy atom. The van der Waals surface area contributed by atoms with Crippen LogP contribution >= 0.6 is 0 Å². The van der Waals surface area contributed by atoms with E-state index in [1.165, 1.54) is 6.07 Å². The maximum Gasteiger partial charge on any atom is 0.435 e. The molecular formula is C10H13F3N4. The summed E-state index contributed by atoms with van der Waals surface area (Å²) in [4.78, 5) is 1.91. The van der Waals surface area contributed by atoms with Crippen molar-refractivity contribution in [2.45, 2.75) is 25.1 Å². The number of hydrogen-bond acceptors (Lipinski definition) is 4. The molecule has 2 rings (SSSR count). The molecule has 0 bridgehead atoms. The first-order valence-corrected chi connectivity index (χ1v) is 5.40. The minimum atomic E-state index is -4.44. The fourth-order valence-electron chi connectivity index (χ4n) is 2.01. The van der Waals surface area contributed by atoms with E-state index in [1.54, 1.807) is 0 Å². The van der Waals surface area contributed by atoms with Crippen LogP contribution in [0.2, 0.25) is 0 Å². The first-order chi connectivity index (χ1) is 8.02. The highest BCUT2D eigenvalue weighted by molar-refractivity contribution is 5.40. The van der Waals surface area contributed by atoms with Gasteiger partial charge in [-0.3, -0.25) is 0 Å². The zero-order valence-electron chi connectivity index (χ0n) is 9.11. The average molecular weight is 246 g/mol. The van der Waals surface area contributed by atoms with Crippen LogP contribution in [-0.4, -0.2) is 29.3 Å². The molecule has 1 aromatic rings. The molecule has 0 saturated carbocycles. The Hall–Kier alpha value is -1.37. The zero-order chi connectivity index (χ0) is 12.5. The van der Waals surface area contributed by atoms with Crippen LogP contribution in [0.5, 0.6) is 0 Å². The Labute approximate surface area is 96.6 Å². The fraction of sp³-hybridized carbons (Fsp3) is 0.600. The first kappa shape index (κ1) is 12.1. The Balaban J connectivity index is 2.18. The summed E-state index contributed by atoms with van der Waals surface area (Å²) in [6, 6.07) is 2.46. The first-order valence-electron chi connectivity index (χ1n) is 5.40. The van der Waals surface area contributed by atoms with Crippen molar-refractivity contribution in [3.8, 4) is 0 Å². The molecule has 4 nitrogen and oxygen atoms in total. The molecule has 0 spiro atoms. The van der Waals surface area contributed by atoms with Crippen molar-refractivity contribution < 1.29 is 13.2 Å². The van der Waals surface area contributed by atoms with Crippen LogP contribution < -0.4 is 10.6 Å². The summed E-state index contributed by atoms with van der Waals surface area (Å²) in [6.45, 7) is 1.24. The van der Waals surface area contributed by atoms with Crippen LogP contribution in [0.15, 0.2) is 12.1 Å². The third-order valence-electron chi connectivity index (χ3n) is 2.88. The second-order valence-electron chi connectivity index (χ2n) is 4.00. The van der Waals surface area contributed by atoms with Crippen molar-refractivity contribution in [1.29, 1.82) is 0 Å². The molecule has 1 fully saturated rings. The lowest BCUT2D eigenvalue weighted by atomic mass is 10.2. The minimum Gasteiger partial charge on any atom is -0.351 e. The quantitative estimate of drug-likeness (QED) is 0.857. The summed E-state index contributed by atoms with van der Waals surface area (Å²) in [5, 5.41) is 6.83. The van der Waals surface area contributed by atoms with Crippen LogP contribution in [0, 0.1) is 0 Å². The van der Waals surface area contributed by atoms with Crippen molar-refractivity contribution in [3.63, 3.8) is 0 Å². The lowest BCUT2D eigenvalue weighted by Gasteiger charge is -2.23. The number of nitrogens with two attached hydrogens (primary N) is 1. The van der Waals surface area contributed by atoms with E-state index >= 15 is 0 Å². The van der Waals surface area contributed by atoms with E-state index < -0.39 is 11.9 Å². The molecule has 0 radical (unpaired) electrons. The smallest absolute Gasteiger partial charge is 0.351 e. The maximum atomic E-state index is 12.3. The fourth-order valence-corrected chi connectivity index (χ4v) is 2.01. The largest absolute Gasteiger partial charge is 0.435 e. The molecule has 1 saturated heterocycles. The molecular weight excluding hydrogens is 233 g/mol. The average Bonchev–Trinajstić information content (AvgIpc) is 2.76. The van der Waals surface area contributed by atoms with E-state index in [0.717, 1.165) is 25.5 Å². The van der Waals surface area contributed by atoms with E-state index in [1.807, 2.05) is 4.90 Å². The van der Waals surface area contributed by atoms with Crippen molar-refractivity contribution >= 4 is 5.82 Å². The van der Waals surface area contributed by atoms with Gasteiger partial charge in [0.1, 0.15) is 0 Å². The van der Waals surface area contributed by atoms with E-state index in [-0.39, 0.29) is 6.04 Å². The standard InChI is InChI=1S/C10H13F3N4/c11-10(12,13)8-3-4-9(16-15-8)17-5-1-2-7(17)6-14/h3-4,7H,1-2,5-6,14H2. The van der Waals surface area contributed by atoms with Crippen LogP contribution in [0.1, 0.15) is 18.5 Å². The summed E-state index contributed by atoms with van der Waals surface area (Å²) in [6.07, 6.45) is -2.52. The predicted molar refractivity (Wildman–Crippen MR) is 56.5 cm³/mol. The van der Waals surface area contributed by atoms with Gasteiger partial charge in [0, 0.05) is 19.1 Å². The highest BCUT2D eigenvalue weighted by Gasteiger charge is 2.33. The van der Waals surface area contributed by atoms with E-state index in [2.05, 4.69) is 10.2 Å². The number of aromatic nitrogens is 2. The molecule has 2 N–H and O–H groups in total. The second-order valence-corrected chi connectivity index (χ2v) is 4.00. The predicted octanol–water partition coefficient (Wildman–Crippen LogP) is 1.42. The van der Waals surface area contributed by atoms with Gasteiger partial charge in [0.25, 0.3) is 0 Å². The molecule has 1 aliphatic heterocycles. The summed E-state index contributed by atoms with van der Waals surface area (Å²) in [5.41, 5.74) is 4.62. The Bertz CT molecular complexity index is 376. The molecule has 94 valence electrons. The van der Waals surface area contributed by atoms with Crippen LogP contribution in [0.3, 0.4) is 0 Å². The summed E-state index contributed by atoms with van der Waals surface area (Å²) in [7, 11) is 0. The van der Waals surface area contributed by atoms with Crippen LogP contribution in [-0.2, 0) is 6.18 Å². The maximum absolute atomic E-state index is 12.3. The second kappa shape index (κ2) is 4.48. The Morgan fingerprint density at radius 3 is 2.65 bits per heavy atom. The van der Waals surface area contributed by atoms with Crippen molar-refractivity contribution in [1.82, 2.24) is 10.2 Å². The molecule has 0 amide bonds. The lowest BCUT2D eigenvalue weighted by Crippen LogP contribution is -2.36.